The minimum absolute atomic E-state index is 0.0390. The van der Waals surface area contributed by atoms with Gasteiger partial charge in [-0.3, -0.25) is 23.5 Å². The van der Waals surface area contributed by atoms with E-state index in [0.29, 0.717) is 34.9 Å². The van der Waals surface area contributed by atoms with Gasteiger partial charge in [0.25, 0.3) is 0 Å². The number of rotatable bonds is 16. The highest BCUT2D eigenvalue weighted by molar-refractivity contribution is 7.92. The zero-order chi connectivity index (χ0) is 32.2. The van der Waals surface area contributed by atoms with Crippen LogP contribution in [0.2, 0.25) is 0 Å². The number of Topliss-reactive ketones (excluding diaryl/α,β-unsaturated/α-hetero) is 2. The number of carboxylic acids is 1. The van der Waals surface area contributed by atoms with Crippen molar-refractivity contribution in [1.82, 2.24) is 5.32 Å². The van der Waals surface area contributed by atoms with Crippen molar-refractivity contribution in [2.24, 2.45) is 5.92 Å². The van der Waals surface area contributed by atoms with Crippen molar-refractivity contribution >= 4 is 50.1 Å². The second kappa shape index (κ2) is 13.7. The third kappa shape index (κ3) is 7.90. The first-order chi connectivity index (χ1) is 20.8. The number of anilines is 1. The molecule has 4 rings (SSSR count). The van der Waals surface area contributed by atoms with Gasteiger partial charge in [0.2, 0.25) is 15.9 Å². The molecule has 1 aromatic heterocycles. The summed E-state index contributed by atoms with van der Waals surface area (Å²) in [4.78, 5) is 49.2. The maximum atomic E-state index is 13.6. The number of carbonyl (C=O) groups is 4. The summed E-state index contributed by atoms with van der Waals surface area (Å²) in [6.07, 6.45) is 3.39. The normalized spacial score (nSPS) is 13.9. The molecule has 1 aliphatic rings. The van der Waals surface area contributed by atoms with Gasteiger partial charge in [0, 0.05) is 42.8 Å². The summed E-state index contributed by atoms with van der Waals surface area (Å²) in [6.45, 7) is 3.10. The molecule has 2 N–H and O–H groups in total. The second-order valence-electron chi connectivity index (χ2n) is 11.3. The first-order valence-corrected chi connectivity index (χ1v) is 16.5. The molecule has 1 unspecified atom stereocenters. The van der Waals surface area contributed by atoms with E-state index in [2.05, 4.69) is 5.32 Å². The van der Waals surface area contributed by atoms with Gasteiger partial charge >= 0.3 is 5.97 Å². The Bertz CT molecular complexity index is 1680. The highest BCUT2D eigenvalue weighted by Crippen LogP contribution is 2.48. The number of hydrogen-bond acceptors (Lipinski definition) is 7. The Labute approximate surface area is 255 Å². The lowest BCUT2D eigenvalue weighted by molar-refractivity contribution is -0.141. The molecule has 0 bridgehead atoms. The Morgan fingerprint density at radius 1 is 1.11 bits per heavy atom. The number of fused-ring (bicyclic) bond motifs is 1. The zero-order valence-electron chi connectivity index (χ0n) is 25.0. The van der Waals surface area contributed by atoms with Crippen LogP contribution in [0.25, 0.3) is 22.3 Å². The van der Waals surface area contributed by atoms with Crippen LogP contribution in [-0.2, 0) is 24.4 Å². The van der Waals surface area contributed by atoms with Crippen molar-refractivity contribution < 1.29 is 41.5 Å². The quantitative estimate of drug-likeness (QED) is 0.157. The van der Waals surface area contributed by atoms with Gasteiger partial charge in [0.1, 0.15) is 17.2 Å². The van der Waals surface area contributed by atoms with Gasteiger partial charge in [-0.05, 0) is 67.5 Å². The van der Waals surface area contributed by atoms with Crippen molar-refractivity contribution in [3.05, 3.63) is 53.3 Å². The zero-order valence-corrected chi connectivity index (χ0v) is 25.8. The van der Waals surface area contributed by atoms with Gasteiger partial charge in [0.15, 0.2) is 11.6 Å². The Morgan fingerprint density at radius 2 is 1.80 bits per heavy atom. The van der Waals surface area contributed by atoms with E-state index in [1.165, 1.54) is 24.3 Å². The lowest BCUT2D eigenvalue weighted by Crippen LogP contribution is -2.36. The molecule has 12 heteroatoms. The SMILES string of the molecule is CCC(=O)c1c(-c2ccc(F)cc2)oc2cc(N(CC(=O)CCC(=O)NCCCC(C)C(=O)O)S(C)(=O)=O)c(C3CC3)cc12. The molecular formula is C32H37FN2O8S. The number of carbonyl (C=O) groups excluding carboxylic acids is 3. The minimum Gasteiger partial charge on any atom is -0.481 e. The van der Waals surface area contributed by atoms with E-state index < -0.39 is 40.1 Å². The summed E-state index contributed by atoms with van der Waals surface area (Å²) < 4.78 is 46.8. The number of ketones is 2. The summed E-state index contributed by atoms with van der Waals surface area (Å²) in [5.41, 5.74) is 2.06. The fraction of sp³-hybridized carbons (Fsp3) is 0.438. The van der Waals surface area contributed by atoms with Crippen molar-refractivity contribution in [2.75, 3.05) is 23.7 Å². The predicted octanol–water partition coefficient (Wildman–Crippen LogP) is 5.44. The smallest absolute Gasteiger partial charge is 0.306 e. The van der Waals surface area contributed by atoms with Gasteiger partial charge in [0.05, 0.1) is 30.0 Å². The molecule has 0 radical (unpaired) electrons. The Balaban J connectivity index is 1.59. The van der Waals surface area contributed by atoms with Crippen LogP contribution in [0.4, 0.5) is 10.1 Å². The van der Waals surface area contributed by atoms with E-state index in [1.54, 1.807) is 26.0 Å². The van der Waals surface area contributed by atoms with Crippen LogP contribution < -0.4 is 9.62 Å². The molecule has 236 valence electrons. The third-order valence-electron chi connectivity index (χ3n) is 7.74. The van der Waals surface area contributed by atoms with E-state index >= 15 is 0 Å². The van der Waals surface area contributed by atoms with E-state index in [-0.39, 0.29) is 60.4 Å². The highest BCUT2D eigenvalue weighted by atomic mass is 32.2. The summed E-state index contributed by atoms with van der Waals surface area (Å²) >= 11 is 0. The maximum absolute atomic E-state index is 13.6. The molecule has 0 spiro atoms. The minimum atomic E-state index is -3.95. The Hall–Kier alpha value is -4.06. The standard InChI is InChI=1S/C32H37FN2O8S/c1-4-27(37)30-25-16-24(20-7-8-20)26(17-28(25)43-31(30)21-9-11-22(33)12-10-21)35(44(3,41)42)18-23(36)13-14-29(38)34-15-5-6-19(2)32(39)40/h9-12,16-17,19-20H,4-8,13-15,18H2,1-3H3,(H,34,38)(H,39,40). The topological polar surface area (TPSA) is 151 Å². The number of furan rings is 1. The molecule has 1 atom stereocenters. The maximum Gasteiger partial charge on any atom is 0.306 e. The predicted molar refractivity (Wildman–Crippen MR) is 164 cm³/mol. The number of halogens is 1. The fourth-order valence-corrected chi connectivity index (χ4v) is 5.96. The number of hydrogen-bond donors (Lipinski definition) is 2. The summed E-state index contributed by atoms with van der Waals surface area (Å²) in [5.74, 6) is -2.59. The molecule has 3 aromatic rings. The van der Waals surface area contributed by atoms with Gasteiger partial charge in [-0.1, -0.05) is 13.8 Å². The summed E-state index contributed by atoms with van der Waals surface area (Å²) in [5, 5.41) is 12.1. The molecule has 44 heavy (non-hydrogen) atoms. The van der Waals surface area contributed by atoms with Crippen molar-refractivity contribution in [1.29, 1.82) is 0 Å². The van der Waals surface area contributed by atoms with E-state index in [4.69, 9.17) is 9.52 Å². The molecule has 1 fully saturated rings. The van der Waals surface area contributed by atoms with Crippen LogP contribution in [0.1, 0.15) is 80.6 Å². The van der Waals surface area contributed by atoms with E-state index in [1.807, 2.05) is 0 Å². The number of amides is 1. The van der Waals surface area contributed by atoms with Crippen LogP contribution in [-0.4, -0.2) is 56.3 Å². The van der Waals surface area contributed by atoms with Crippen LogP contribution in [0, 0.1) is 11.7 Å². The van der Waals surface area contributed by atoms with Crippen LogP contribution in [0.3, 0.4) is 0 Å². The van der Waals surface area contributed by atoms with Gasteiger partial charge < -0.3 is 14.8 Å². The average molecular weight is 629 g/mol. The summed E-state index contributed by atoms with van der Waals surface area (Å²) in [7, 11) is -3.95. The van der Waals surface area contributed by atoms with E-state index in [9.17, 15) is 32.0 Å². The largest absolute Gasteiger partial charge is 0.481 e. The third-order valence-corrected chi connectivity index (χ3v) is 8.86. The number of benzene rings is 2. The van der Waals surface area contributed by atoms with Crippen LogP contribution in [0.15, 0.2) is 40.8 Å². The Morgan fingerprint density at radius 3 is 2.39 bits per heavy atom. The molecule has 2 aromatic carbocycles. The Kier molecular flexibility index (Phi) is 10.2. The van der Waals surface area contributed by atoms with Gasteiger partial charge in [-0.2, -0.15) is 0 Å². The number of carboxylic acid groups (broad SMARTS) is 1. The lowest BCUT2D eigenvalue weighted by Gasteiger charge is -2.24. The number of nitrogens with one attached hydrogen (secondary N) is 1. The van der Waals surface area contributed by atoms with Gasteiger partial charge in [-0.25, -0.2) is 12.8 Å². The first kappa shape index (κ1) is 32.8. The lowest BCUT2D eigenvalue weighted by atomic mass is 9.97. The highest BCUT2D eigenvalue weighted by Gasteiger charge is 2.33. The molecule has 10 nitrogen and oxygen atoms in total. The average Bonchev–Trinajstić information content (AvgIpc) is 3.76. The number of aliphatic carboxylic acids is 1. The van der Waals surface area contributed by atoms with Crippen molar-refractivity contribution in [2.45, 2.75) is 64.7 Å². The fourth-order valence-electron chi connectivity index (χ4n) is 5.07. The van der Waals surface area contributed by atoms with Crippen LogP contribution in [0.5, 0.6) is 0 Å². The molecule has 1 aliphatic carbocycles. The number of nitrogens with zero attached hydrogens (tertiary/aromatic N) is 1. The first-order valence-electron chi connectivity index (χ1n) is 14.7. The van der Waals surface area contributed by atoms with Crippen LogP contribution >= 0.6 is 0 Å². The molecular weight excluding hydrogens is 591 g/mol. The second-order valence-corrected chi connectivity index (χ2v) is 13.2. The van der Waals surface area contributed by atoms with Gasteiger partial charge in [-0.15, -0.1) is 0 Å². The molecule has 0 aliphatic heterocycles. The molecule has 1 saturated carbocycles. The molecule has 1 heterocycles. The molecule has 1 amide bonds. The van der Waals surface area contributed by atoms with E-state index in [0.717, 1.165) is 23.4 Å². The number of sulfonamides is 1. The van der Waals surface area contributed by atoms with Crippen molar-refractivity contribution in [3.63, 3.8) is 0 Å². The monoisotopic (exact) mass is 628 g/mol. The van der Waals surface area contributed by atoms with Crippen molar-refractivity contribution in [3.8, 4) is 11.3 Å². The molecule has 0 saturated heterocycles. The summed E-state index contributed by atoms with van der Waals surface area (Å²) in [6, 6.07) is 8.86.